The Morgan fingerprint density at radius 1 is 1.26 bits per heavy atom. The standard InChI is InChI=1S/C21H19ClN8O/c1-29-4-2-3-16(29)21(31)24-8-15-7-12-5-14(22)6-13(17(12)28-15)9-30-11-27-18-19(23)25-10-26-20(18)30/h2-7,10-11,28H,8-9H2,1H3,(H,24,31)(H2,23,25,26). The van der Waals surface area contributed by atoms with Gasteiger partial charge in [-0.2, -0.15) is 0 Å². The van der Waals surface area contributed by atoms with E-state index in [4.69, 9.17) is 17.3 Å². The number of carbonyl (C=O) groups excluding carboxylic acids is 1. The molecule has 0 atom stereocenters. The van der Waals surface area contributed by atoms with Crippen molar-refractivity contribution in [2.45, 2.75) is 13.1 Å². The lowest BCUT2D eigenvalue weighted by Crippen LogP contribution is -2.24. The van der Waals surface area contributed by atoms with Crippen molar-refractivity contribution in [1.82, 2.24) is 34.4 Å². The summed E-state index contributed by atoms with van der Waals surface area (Å²) in [4.78, 5) is 28.4. The van der Waals surface area contributed by atoms with Crippen LogP contribution >= 0.6 is 11.6 Å². The second-order valence-electron chi connectivity index (χ2n) is 7.31. The lowest BCUT2D eigenvalue weighted by molar-refractivity contribution is 0.0942. The monoisotopic (exact) mass is 434 g/mol. The van der Waals surface area contributed by atoms with E-state index in [1.807, 2.05) is 42.1 Å². The van der Waals surface area contributed by atoms with Gasteiger partial charge in [-0.05, 0) is 35.9 Å². The number of aryl methyl sites for hydroxylation is 1. The van der Waals surface area contributed by atoms with Crippen molar-refractivity contribution in [3.63, 3.8) is 0 Å². The third kappa shape index (κ3) is 3.49. The average Bonchev–Trinajstić information content (AvgIpc) is 3.45. The van der Waals surface area contributed by atoms with E-state index in [-0.39, 0.29) is 5.91 Å². The fraction of sp³-hybridized carbons (Fsp3) is 0.143. The van der Waals surface area contributed by atoms with Gasteiger partial charge in [0.1, 0.15) is 17.5 Å². The van der Waals surface area contributed by atoms with Gasteiger partial charge in [0.25, 0.3) is 5.91 Å². The third-order valence-corrected chi connectivity index (χ3v) is 5.43. The summed E-state index contributed by atoms with van der Waals surface area (Å²) in [5.41, 5.74) is 10.5. The van der Waals surface area contributed by atoms with Crippen molar-refractivity contribution in [1.29, 1.82) is 0 Å². The fourth-order valence-corrected chi connectivity index (χ4v) is 3.97. The van der Waals surface area contributed by atoms with Gasteiger partial charge in [0, 0.05) is 29.3 Å². The van der Waals surface area contributed by atoms with Crippen LogP contribution in [0.15, 0.2) is 49.2 Å². The number of carbonyl (C=O) groups is 1. The Kier molecular flexibility index (Phi) is 4.59. The van der Waals surface area contributed by atoms with Crippen LogP contribution in [0.4, 0.5) is 5.82 Å². The molecule has 31 heavy (non-hydrogen) atoms. The number of amides is 1. The number of nitrogens with zero attached hydrogens (tertiary/aromatic N) is 5. The van der Waals surface area contributed by atoms with E-state index in [0.717, 1.165) is 22.2 Å². The number of rotatable bonds is 5. The molecule has 0 aliphatic heterocycles. The van der Waals surface area contributed by atoms with E-state index in [1.54, 1.807) is 17.0 Å². The van der Waals surface area contributed by atoms with E-state index in [2.05, 4.69) is 25.3 Å². The van der Waals surface area contributed by atoms with Crippen molar-refractivity contribution in [3.05, 3.63) is 71.2 Å². The van der Waals surface area contributed by atoms with E-state index in [0.29, 0.717) is 40.8 Å². The van der Waals surface area contributed by atoms with Gasteiger partial charge in [-0.25, -0.2) is 15.0 Å². The number of halogens is 1. The number of imidazole rings is 1. The van der Waals surface area contributed by atoms with Gasteiger partial charge in [0.2, 0.25) is 0 Å². The molecule has 10 heteroatoms. The molecular weight excluding hydrogens is 416 g/mol. The topological polar surface area (TPSA) is 119 Å². The number of nitrogens with two attached hydrogens (primary N) is 1. The fourth-order valence-electron chi connectivity index (χ4n) is 3.72. The molecule has 156 valence electrons. The summed E-state index contributed by atoms with van der Waals surface area (Å²) in [5.74, 6) is 0.211. The molecule has 0 unspecified atom stereocenters. The number of hydrogen-bond donors (Lipinski definition) is 3. The van der Waals surface area contributed by atoms with Gasteiger partial charge in [-0.15, -0.1) is 0 Å². The number of fused-ring (bicyclic) bond motifs is 2. The Labute approximate surface area is 181 Å². The number of hydrogen-bond acceptors (Lipinski definition) is 5. The minimum atomic E-state index is -0.133. The molecule has 1 amide bonds. The highest BCUT2D eigenvalue weighted by molar-refractivity contribution is 6.31. The summed E-state index contributed by atoms with van der Waals surface area (Å²) in [7, 11) is 1.84. The first-order valence-electron chi connectivity index (χ1n) is 9.60. The van der Waals surface area contributed by atoms with E-state index < -0.39 is 0 Å². The second kappa shape index (κ2) is 7.44. The molecule has 0 saturated heterocycles. The van der Waals surface area contributed by atoms with Gasteiger partial charge < -0.3 is 25.2 Å². The molecule has 0 fully saturated rings. The minimum absolute atomic E-state index is 0.133. The maximum absolute atomic E-state index is 12.4. The minimum Gasteiger partial charge on any atom is -0.382 e. The zero-order chi connectivity index (χ0) is 21.5. The highest BCUT2D eigenvalue weighted by Gasteiger charge is 2.13. The number of aromatic nitrogens is 6. The van der Waals surface area contributed by atoms with Crippen molar-refractivity contribution in [2.24, 2.45) is 7.05 Å². The summed E-state index contributed by atoms with van der Waals surface area (Å²) < 4.78 is 3.68. The van der Waals surface area contributed by atoms with Crippen LogP contribution in [0.25, 0.3) is 22.1 Å². The first-order chi connectivity index (χ1) is 15.0. The molecular formula is C21H19ClN8O. The molecule has 0 aliphatic carbocycles. The van der Waals surface area contributed by atoms with Crippen molar-refractivity contribution in [2.75, 3.05) is 5.73 Å². The highest BCUT2D eigenvalue weighted by Crippen LogP contribution is 2.26. The Balaban J connectivity index is 1.44. The van der Waals surface area contributed by atoms with Gasteiger partial charge in [0.15, 0.2) is 11.5 Å². The first kappa shape index (κ1) is 19.1. The van der Waals surface area contributed by atoms with Crippen LogP contribution in [0.5, 0.6) is 0 Å². The molecule has 4 aromatic heterocycles. The quantitative estimate of drug-likeness (QED) is 0.393. The number of nitrogens with one attached hydrogen (secondary N) is 2. The summed E-state index contributed by atoms with van der Waals surface area (Å²) >= 11 is 6.37. The van der Waals surface area contributed by atoms with Crippen LogP contribution in [-0.4, -0.2) is 35.0 Å². The predicted molar refractivity (Wildman–Crippen MR) is 119 cm³/mol. The van der Waals surface area contributed by atoms with Crippen molar-refractivity contribution in [3.8, 4) is 0 Å². The average molecular weight is 435 g/mol. The normalized spacial score (nSPS) is 11.4. The van der Waals surface area contributed by atoms with Crippen LogP contribution in [0, 0.1) is 0 Å². The maximum Gasteiger partial charge on any atom is 0.268 e. The summed E-state index contributed by atoms with van der Waals surface area (Å²) in [5, 5.41) is 4.53. The van der Waals surface area contributed by atoms with Crippen LogP contribution in [-0.2, 0) is 20.1 Å². The van der Waals surface area contributed by atoms with E-state index >= 15 is 0 Å². The SMILES string of the molecule is Cn1cccc1C(=O)NCc1cc2cc(Cl)cc(Cn3cnc4c(N)ncnc43)c2[nH]1. The molecule has 4 N–H and O–H groups in total. The first-order valence-corrected chi connectivity index (χ1v) is 9.98. The van der Waals surface area contributed by atoms with Crippen molar-refractivity contribution >= 4 is 45.4 Å². The second-order valence-corrected chi connectivity index (χ2v) is 7.75. The highest BCUT2D eigenvalue weighted by atomic mass is 35.5. The number of aromatic amines is 1. The smallest absolute Gasteiger partial charge is 0.268 e. The van der Waals surface area contributed by atoms with Crippen LogP contribution in [0.2, 0.25) is 5.02 Å². The molecule has 0 saturated carbocycles. The number of benzene rings is 1. The van der Waals surface area contributed by atoms with Gasteiger partial charge in [0.05, 0.1) is 24.9 Å². The molecule has 4 heterocycles. The van der Waals surface area contributed by atoms with E-state index in [9.17, 15) is 4.79 Å². The van der Waals surface area contributed by atoms with Crippen LogP contribution in [0.1, 0.15) is 21.7 Å². The lowest BCUT2D eigenvalue weighted by atomic mass is 10.1. The molecule has 0 aliphatic rings. The van der Waals surface area contributed by atoms with Gasteiger partial charge in [-0.1, -0.05) is 11.6 Å². The number of nitrogen functional groups attached to an aromatic ring is 1. The molecule has 0 radical (unpaired) electrons. The molecule has 0 spiro atoms. The summed E-state index contributed by atoms with van der Waals surface area (Å²) in [6.07, 6.45) is 4.95. The summed E-state index contributed by atoms with van der Waals surface area (Å²) in [6, 6.07) is 9.41. The van der Waals surface area contributed by atoms with Crippen molar-refractivity contribution < 1.29 is 4.79 Å². The summed E-state index contributed by atoms with van der Waals surface area (Å²) in [6.45, 7) is 0.868. The number of H-pyrrole nitrogens is 1. The Morgan fingerprint density at radius 3 is 2.94 bits per heavy atom. The van der Waals surface area contributed by atoms with E-state index in [1.165, 1.54) is 6.33 Å². The lowest BCUT2D eigenvalue weighted by Gasteiger charge is -2.07. The molecule has 0 bridgehead atoms. The molecule has 9 nitrogen and oxygen atoms in total. The van der Waals surface area contributed by atoms with Crippen LogP contribution in [0.3, 0.4) is 0 Å². The van der Waals surface area contributed by atoms with Gasteiger partial charge >= 0.3 is 0 Å². The zero-order valence-electron chi connectivity index (χ0n) is 16.6. The predicted octanol–water partition coefficient (Wildman–Crippen LogP) is 2.86. The number of anilines is 1. The molecule has 5 rings (SSSR count). The molecule has 5 aromatic rings. The Morgan fingerprint density at radius 2 is 2.13 bits per heavy atom. The molecule has 1 aromatic carbocycles. The maximum atomic E-state index is 12.4. The zero-order valence-corrected chi connectivity index (χ0v) is 17.4. The van der Waals surface area contributed by atoms with Crippen LogP contribution < -0.4 is 11.1 Å². The largest absolute Gasteiger partial charge is 0.382 e. The Hall–Kier alpha value is -3.85. The Bertz CT molecular complexity index is 1430. The van der Waals surface area contributed by atoms with Gasteiger partial charge in [-0.3, -0.25) is 4.79 Å². The third-order valence-electron chi connectivity index (χ3n) is 5.22.